The summed E-state index contributed by atoms with van der Waals surface area (Å²) >= 11 is 0. The summed E-state index contributed by atoms with van der Waals surface area (Å²) in [5.74, 6) is -2.17. The first kappa shape index (κ1) is 12.6. The maximum absolute atomic E-state index is 11.3. The highest BCUT2D eigenvalue weighted by Gasteiger charge is 2.25. The van der Waals surface area contributed by atoms with Crippen LogP contribution in [0.5, 0.6) is 0 Å². The lowest BCUT2D eigenvalue weighted by atomic mass is 10.2. The second-order valence-corrected chi connectivity index (χ2v) is 3.69. The van der Waals surface area contributed by atoms with Gasteiger partial charge in [0.15, 0.2) is 0 Å². The van der Waals surface area contributed by atoms with E-state index in [1.54, 1.807) is 0 Å². The Labute approximate surface area is 93.0 Å². The van der Waals surface area contributed by atoms with Crippen LogP contribution < -0.4 is 5.32 Å². The fourth-order valence-electron chi connectivity index (χ4n) is 1.50. The molecule has 0 aromatic carbocycles. The van der Waals surface area contributed by atoms with Crippen LogP contribution >= 0.6 is 0 Å². The van der Waals surface area contributed by atoms with Gasteiger partial charge in [-0.2, -0.15) is 0 Å². The molecule has 90 valence electrons. The Morgan fingerprint density at radius 2 is 2.06 bits per heavy atom. The van der Waals surface area contributed by atoms with Crippen molar-refractivity contribution >= 4 is 17.9 Å². The van der Waals surface area contributed by atoms with E-state index in [4.69, 9.17) is 5.11 Å². The average Bonchev–Trinajstić information content (AvgIpc) is 2.69. The van der Waals surface area contributed by atoms with Crippen LogP contribution in [0.1, 0.15) is 32.1 Å². The van der Waals surface area contributed by atoms with Gasteiger partial charge in [0.25, 0.3) is 0 Å². The van der Waals surface area contributed by atoms with Crippen molar-refractivity contribution in [3.05, 3.63) is 0 Å². The number of hydrogen-bond donors (Lipinski definition) is 2. The Hall–Kier alpha value is -1.43. The molecule has 2 N–H and O–H groups in total. The molecule has 1 aliphatic rings. The Morgan fingerprint density at radius 1 is 1.31 bits per heavy atom. The quantitative estimate of drug-likeness (QED) is 0.511. The van der Waals surface area contributed by atoms with E-state index in [0.29, 0.717) is 6.42 Å². The summed E-state index contributed by atoms with van der Waals surface area (Å²) in [6.07, 6.45) is 1.64. The molecule has 0 unspecified atom stereocenters. The molecule has 0 bridgehead atoms. The van der Waals surface area contributed by atoms with E-state index in [2.05, 4.69) is 10.1 Å². The first-order chi connectivity index (χ1) is 7.59. The van der Waals surface area contributed by atoms with E-state index < -0.39 is 17.9 Å². The van der Waals surface area contributed by atoms with Crippen LogP contribution in [-0.4, -0.2) is 35.6 Å². The van der Waals surface area contributed by atoms with Crippen molar-refractivity contribution in [3.8, 4) is 0 Å². The zero-order valence-electron chi connectivity index (χ0n) is 8.90. The maximum Gasteiger partial charge on any atom is 0.330 e. The van der Waals surface area contributed by atoms with Crippen LogP contribution in [0.2, 0.25) is 0 Å². The second kappa shape index (κ2) is 6.22. The first-order valence-electron chi connectivity index (χ1n) is 5.29. The minimum absolute atomic E-state index is 0.0369. The van der Waals surface area contributed by atoms with Gasteiger partial charge in [0.05, 0.1) is 0 Å². The monoisotopic (exact) mass is 229 g/mol. The van der Waals surface area contributed by atoms with E-state index in [0.717, 1.165) is 13.0 Å². The molecule has 1 atom stereocenters. The number of hydrogen-bond acceptors (Lipinski definition) is 5. The molecule has 0 radical (unpaired) electrons. The molecule has 1 fully saturated rings. The number of carbonyl (C=O) groups excluding carboxylic acids is 2. The summed E-state index contributed by atoms with van der Waals surface area (Å²) in [6.45, 7) is 0.757. The number of aliphatic carboxylic acids is 1. The van der Waals surface area contributed by atoms with Crippen molar-refractivity contribution in [2.45, 2.75) is 38.1 Å². The predicted molar refractivity (Wildman–Crippen MR) is 53.6 cm³/mol. The number of nitrogens with one attached hydrogen (secondary N) is 1. The van der Waals surface area contributed by atoms with Crippen molar-refractivity contribution in [2.75, 3.05) is 6.54 Å². The molecule has 6 heteroatoms. The fraction of sp³-hybridized carbons (Fsp3) is 0.700. The molecular formula is C10H15NO5. The Bertz CT molecular complexity index is 283. The van der Waals surface area contributed by atoms with Crippen LogP contribution in [0.3, 0.4) is 0 Å². The average molecular weight is 229 g/mol. The minimum atomic E-state index is -0.961. The standard InChI is InChI=1S/C10H15NO5/c12-8(13)4-1-5-9(14)16-10(15)7-3-2-6-11-7/h7,11H,1-6H2,(H,12,13)/t7-/m0/s1. The van der Waals surface area contributed by atoms with Crippen LogP contribution in [0, 0.1) is 0 Å². The van der Waals surface area contributed by atoms with E-state index in [9.17, 15) is 14.4 Å². The smallest absolute Gasteiger partial charge is 0.330 e. The summed E-state index contributed by atoms with van der Waals surface area (Å²) in [7, 11) is 0. The van der Waals surface area contributed by atoms with E-state index in [-0.39, 0.29) is 25.3 Å². The topological polar surface area (TPSA) is 92.7 Å². The molecule has 0 aromatic heterocycles. The molecule has 6 nitrogen and oxygen atoms in total. The maximum atomic E-state index is 11.3. The number of rotatable bonds is 5. The third kappa shape index (κ3) is 4.39. The zero-order valence-corrected chi connectivity index (χ0v) is 8.90. The third-order valence-electron chi connectivity index (χ3n) is 2.33. The summed E-state index contributed by atoms with van der Waals surface area (Å²) in [5.41, 5.74) is 0. The van der Waals surface area contributed by atoms with Crippen LogP contribution in [0.25, 0.3) is 0 Å². The first-order valence-corrected chi connectivity index (χ1v) is 5.29. The fourth-order valence-corrected chi connectivity index (χ4v) is 1.50. The van der Waals surface area contributed by atoms with Gasteiger partial charge in [-0.05, 0) is 25.8 Å². The molecule has 1 rings (SSSR count). The number of carbonyl (C=O) groups is 3. The highest BCUT2D eigenvalue weighted by atomic mass is 16.6. The molecule has 1 heterocycles. The molecule has 0 saturated carbocycles. The molecule has 0 spiro atoms. The zero-order chi connectivity index (χ0) is 12.0. The lowest BCUT2D eigenvalue weighted by Gasteiger charge is -2.08. The van der Waals surface area contributed by atoms with E-state index in [1.165, 1.54) is 0 Å². The van der Waals surface area contributed by atoms with Gasteiger partial charge in [-0.1, -0.05) is 0 Å². The van der Waals surface area contributed by atoms with Crippen LogP contribution in [0.4, 0.5) is 0 Å². The van der Waals surface area contributed by atoms with Gasteiger partial charge < -0.3 is 15.2 Å². The largest absolute Gasteiger partial charge is 0.481 e. The van der Waals surface area contributed by atoms with Gasteiger partial charge in [0.1, 0.15) is 6.04 Å². The van der Waals surface area contributed by atoms with Crippen molar-refractivity contribution < 1.29 is 24.2 Å². The summed E-state index contributed by atoms with van der Waals surface area (Å²) in [4.78, 5) is 32.6. The van der Waals surface area contributed by atoms with E-state index in [1.807, 2.05) is 0 Å². The Balaban J connectivity index is 2.17. The van der Waals surface area contributed by atoms with E-state index >= 15 is 0 Å². The van der Waals surface area contributed by atoms with Crippen molar-refractivity contribution in [2.24, 2.45) is 0 Å². The lowest BCUT2D eigenvalue weighted by Crippen LogP contribution is -2.33. The molecular weight excluding hydrogens is 214 g/mol. The number of esters is 2. The van der Waals surface area contributed by atoms with Crippen LogP contribution in [-0.2, 0) is 19.1 Å². The normalized spacial score (nSPS) is 19.4. The highest BCUT2D eigenvalue weighted by Crippen LogP contribution is 2.07. The second-order valence-electron chi connectivity index (χ2n) is 3.69. The van der Waals surface area contributed by atoms with Gasteiger partial charge in [-0.15, -0.1) is 0 Å². The van der Waals surface area contributed by atoms with Crippen LogP contribution in [0.15, 0.2) is 0 Å². The Morgan fingerprint density at radius 3 is 2.62 bits per heavy atom. The number of ether oxygens (including phenoxy) is 1. The third-order valence-corrected chi connectivity index (χ3v) is 2.33. The summed E-state index contributed by atoms with van der Waals surface area (Å²) in [6, 6.07) is -0.386. The number of carboxylic acid groups (broad SMARTS) is 1. The van der Waals surface area contributed by atoms with Gasteiger partial charge in [-0.25, -0.2) is 4.79 Å². The van der Waals surface area contributed by atoms with Gasteiger partial charge in [0.2, 0.25) is 0 Å². The van der Waals surface area contributed by atoms with Gasteiger partial charge in [0, 0.05) is 12.8 Å². The molecule has 0 amide bonds. The van der Waals surface area contributed by atoms with Crippen molar-refractivity contribution in [1.29, 1.82) is 0 Å². The molecule has 0 aromatic rings. The molecule has 1 saturated heterocycles. The van der Waals surface area contributed by atoms with Crippen molar-refractivity contribution in [1.82, 2.24) is 5.32 Å². The molecule has 0 aliphatic carbocycles. The SMILES string of the molecule is O=C(O)CCCC(=O)OC(=O)[C@@H]1CCCN1. The Kier molecular flexibility index (Phi) is 4.91. The van der Waals surface area contributed by atoms with Gasteiger partial charge in [-0.3, -0.25) is 9.59 Å². The lowest BCUT2D eigenvalue weighted by molar-refractivity contribution is -0.160. The number of carboxylic acids is 1. The van der Waals surface area contributed by atoms with Gasteiger partial charge >= 0.3 is 17.9 Å². The molecule has 16 heavy (non-hydrogen) atoms. The molecule has 1 aliphatic heterocycles. The van der Waals surface area contributed by atoms with Crippen molar-refractivity contribution in [3.63, 3.8) is 0 Å². The summed E-state index contributed by atoms with van der Waals surface area (Å²) in [5, 5.41) is 11.3. The minimum Gasteiger partial charge on any atom is -0.481 e. The summed E-state index contributed by atoms with van der Waals surface area (Å²) < 4.78 is 4.58. The highest BCUT2D eigenvalue weighted by molar-refractivity contribution is 5.88. The predicted octanol–water partition coefficient (Wildman–Crippen LogP) is 0.0631.